The zero-order valence-electron chi connectivity index (χ0n) is 11.1. The van der Waals surface area contributed by atoms with E-state index in [4.69, 9.17) is 0 Å². The predicted molar refractivity (Wildman–Crippen MR) is 69.9 cm³/mol. The van der Waals surface area contributed by atoms with Crippen LogP contribution in [0.2, 0.25) is 0 Å². The second kappa shape index (κ2) is 6.14. The van der Waals surface area contributed by atoms with Crippen molar-refractivity contribution in [1.29, 1.82) is 0 Å². The molecule has 18 heavy (non-hydrogen) atoms. The predicted octanol–water partition coefficient (Wildman–Crippen LogP) is 1.42. The van der Waals surface area contributed by atoms with E-state index in [1.54, 1.807) is 4.90 Å². The summed E-state index contributed by atoms with van der Waals surface area (Å²) in [6.07, 6.45) is 8.28. The third-order valence-corrected chi connectivity index (χ3v) is 4.01. The molecule has 4 nitrogen and oxygen atoms in total. The fourth-order valence-electron chi connectivity index (χ4n) is 2.66. The van der Waals surface area contributed by atoms with Crippen molar-refractivity contribution in [2.75, 3.05) is 26.7 Å². The lowest BCUT2D eigenvalue weighted by Crippen LogP contribution is -2.42. The van der Waals surface area contributed by atoms with Gasteiger partial charge in [0.2, 0.25) is 5.91 Å². The van der Waals surface area contributed by atoms with Gasteiger partial charge in [-0.15, -0.1) is 0 Å². The highest BCUT2D eigenvalue weighted by Crippen LogP contribution is 2.21. The lowest BCUT2D eigenvalue weighted by Gasteiger charge is -2.30. The van der Waals surface area contributed by atoms with Crippen LogP contribution >= 0.6 is 0 Å². The van der Waals surface area contributed by atoms with Gasteiger partial charge < -0.3 is 9.69 Å². The number of hydrogen-bond donors (Lipinski definition) is 0. The van der Waals surface area contributed by atoms with Crippen molar-refractivity contribution in [3.05, 3.63) is 11.8 Å². The maximum atomic E-state index is 12.1. The number of piperidine rings is 1. The van der Waals surface area contributed by atoms with Gasteiger partial charge in [-0.25, -0.2) is 0 Å². The third-order valence-electron chi connectivity index (χ3n) is 4.01. The van der Waals surface area contributed by atoms with Gasteiger partial charge in [-0.05, 0) is 45.2 Å². The molecule has 1 amide bonds. The minimum absolute atomic E-state index is 0.174. The largest absolute Gasteiger partial charge is 0.318 e. The van der Waals surface area contributed by atoms with E-state index in [-0.39, 0.29) is 11.8 Å². The van der Waals surface area contributed by atoms with Crippen molar-refractivity contribution in [3.63, 3.8) is 0 Å². The number of rotatable bonds is 4. The van der Waals surface area contributed by atoms with Crippen LogP contribution in [0.5, 0.6) is 0 Å². The molecule has 0 saturated carbocycles. The first-order valence-electron chi connectivity index (χ1n) is 6.84. The molecule has 0 radical (unpaired) electrons. The van der Waals surface area contributed by atoms with E-state index in [9.17, 15) is 9.59 Å². The number of nitrogens with zero attached hydrogens (tertiary/aromatic N) is 2. The molecule has 2 rings (SSSR count). The highest BCUT2D eigenvalue weighted by atomic mass is 16.2. The molecular formula is C14H22N2O2. The molecule has 0 aromatic heterocycles. The minimum atomic E-state index is 0.174. The van der Waals surface area contributed by atoms with Crippen LogP contribution in [0.25, 0.3) is 0 Å². The van der Waals surface area contributed by atoms with E-state index in [0.29, 0.717) is 6.54 Å². The topological polar surface area (TPSA) is 40.6 Å². The maximum Gasteiger partial charge on any atom is 0.240 e. The summed E-state index contributed by atoms with van der Waals surface area (Å²) in [6, 6.07) is 0. The Balaban J connectivity index is 1.79. The van der Waals surface area contributed by atoms with Crippen LogP contribution < -0.4 is 0 Å². The van der Waals surface area contributed by atoms with E-state index in [0.717, 1.165) is 51.5 Å². The lowest BCUT2D eigenvalue weighted by atomic mass is 9.99. The fourth-order valence-corrected chi connectivity index (χ4v) is 2.66. The Morgan fingerprint density at radius 3 is 2.78 bits per heavy atom. The van der Waals surface area contributed by atoms with Crippen LogP contribution in [0.4, 0.5) is 0 Å². The summed E-state index contributed by atoms with van der Waals surface area (Å²) in [4.78, 5) is 26.8. The van der Waals surface area contributed by atoms with Gasteiger partial charge in [0.1, 0.15) is 6.29 Å². The molecule has 1 heterocycles. The molecule has 1 aliphatic carbocycles. The molecule has 0 aromatic rings. The SMILES string of the molecule is CN(C(=O)CN1CCC(C=O)CC1)C1=CCCC1. The van der Waals surface area contributed by atoms with Crippen LogP contribution in [0.15, 0.2) is 11.8 Å². The summed E-state index contributed by atoms with van der Waals surface area (Å²) in [5.74, 6) is 0.374. The molecule has 0 N–H and O–H groups in total. The molecule has 100 valence electrons. The first-order valence-corrected chi connectivity index (χ1v) is 6.84. The van der Waals surface area contributed by atoms with Gasteiger partial charge in [-0.1, -0.05) is 6.08 Å². The lowest BCUT2D eigenvalue weighted by molar-refractivity contribution is -0.129. The molecule has 0 atom stereocenters. The first-order chi connectivity index (χ1) is 8.70. The van der Waals surface area contributed by atoms with Gasteiger partial charge in [0.05, 0.1) is 6.54 Å². The number of likely N-dealkylation sites (tertiary alicyclic amines) is 1. The number of allylic oxidation sites excluding steroid dienone is 2. The standard InChI is InChI=1S/C14H22N2O2/c1-15(13-4-2-3-5-13)14(18)10-16-8-6-12(11-17)7-9-16/h4,11-12H,2-3,5-10H2,1H3. The van der Waals surface area contributed by atoms with Crippen LogP contribution in [-0.2, 0) is 9.59 Å². The molecule has 1 fully saturated rings. The van der Waals surface area contributed by atoms with Gasteiger partial charge >= 0.3 is 0 Å². The quantitative estimate of drug-likeness (QED) is 0.709. The molecule has 0 unspecified atom stereocenters. The van der Waals surface area contributed by atoms with Gasteiger partial charge in [0.25, 0.3) is 0 Å². The summed E-state index contributed by atoms with van der Waals surface area (Å²) in [6.45, 7) is 2.21. The summed E-state index contributed by atoms with van der Waals surface area (Å²) in [7, 11) is 1.87. The minimum Gasteiger partial charge on any atom is -0.318 e. The van der Waals surface area contributed by atoms with Crippen LogP contribution in [0.3, 0.4) is 0 Å². The Bertz CT molecular complexity index is 344. The summed E-state index contributed by atoms with van der Waals surface area (Å²) in [5, 5.41) is 0. The molecule has 0 spiro atoms. The van der Waals surface area contributed by atoms with Gasteiger partial charge in [-0.2, -0.15) is 0 Å². The molecule has 1 aliphatic heterocycles. The molecule has 0 bridgehead atoms. The van der Waals surface area contributed by atoms with E-state index >= 15 is 0 Å². The smallest absolute Gasteiger partial charge is 0.240 e. The van der Waals surface area contributed by atoms with Gasteiger partial charge in [0, 0.05) is 18.7 Å². The van der Waals surface area contributed by atoms with Crippen LogP contribution in [-0.4, -0.2) is 48.7 Å². The van der Waals surface area contributed by atoms with E-state index in [2.05, 4.69) is 11.0 Å². The fraction of sp³-hybridized carbons (Fsp3) is 0.714. The normalized spacial score (nSPS) is 21.7. The Kier molecular flexibility index (Phi) is 4.53. The van der Waals surface area contributed by atoms with Crippen molar-refractivity contribution in [1.82, 2.24) is 9.80 Å². The van der Waals surface area contributed by atoms with Gasteiger partial charge in [-0.3, -0.25) is 9.69 Å². The molecule has 2 aliphatic rings. The number of hydrogen-bond acceptors (Lipinski definition) is 3. The number of likely N-dealkylation sites (N-methyl/N-ethyl adjacent to an activating group) is 1. The second-order valence-corrected chi connectivity index (χ2v) is 5.29. The number of amides is 1. The third kappa shape index (κ3) is 3.19. The van der Waals surface area contributed by atoms with Crippen molar-refractivity contribution in [2.24, 2.45) is 5.92 Å². The van der Waals surface area contributed by atoms with Crippen molar-refractivity contribution < 1.29 is 9.59 Å². The summed E-state index contributed by atoms with van der Waals surface area (Å²) in [5.41, 5.74) is 1.17. The monoisotopic (exact) mass is 250 g/mol. The van der Waals surface area contributed by atoms with E-state index in [1.807, 2.05) is 7.05 Å². The van der Waals surface area contributed by atoms with E-state index in [1.165, 1.54) is 5.70 Å². The zero-order valence-corrected chi connectivity index (χ0v) is 11.1. The maximum absolute atomic E-state index is 12.1. The Labute approximate surface area is 109 Å². The highest BCUT2D eigenvalue weighted by molar-refractivity contribution is 5.79. The average molecular weight is 250 g/mol. The van der Waals surface area contributed by atoms with Crippen molar-refractivity contribution >= 4 is 12.2 Å². The molecular weight excluding hydrogens is 228 g/mol. The number of carbonyl (C=O) groups is 2. The van der Waals surface area contributed by atoms with E-state index < -0.39 is 0 Å². The van der Waals surface area contributed by atoms with Crippen LogP contribution in [0, 0.1) is 5.92 Å². The Morgan fingerprint density at radius 2 is 2.22 bits per heavy atom. The summed E-state index contributed by atoms with van der Waals surface area (Å²) < 4.78 is 0. The highest BCUT2D eigenvalue weighted by Gasteiger charge is 2.23. The second-order valence-electron chi connectivity index (χ2n) is 5.29. The average Bonchev–Trinajstić information content (AvgIpc) is 2.92. The van der Waals surface area contributed by atoms with Crippen molar-refractivity contribution in [3.8, 4) is 0 Å². The Hall–Kier alpha value is -1.16. The Morgan fingerprint density at radius 1 is 1.50 bits per heavy atom. The van der Waals surface area contributed by atoms with Gasteiger partial charge in [0.15, 0.2) is 0 Å². The number of aldehydes is 1. The number of carbonyl (C=O) groups excluding carboxylic acids is 2. The van der Waals surface area contributed by atoms with Crippen molar-refractivity contribution in [2.45, 2.75) is 32.1 Å². The first kappa shape index (κ1) is 13.3. The summed E-state index contributed by atoms with van der Waals surface area (Å²) >= 11 is 0. The van der Waals surface area contributed by atoms with Crippen LogP contribution in [0.1, 0.15) is 32.1 Å². The molecule has 0 aromatic carbocycles. The molecule has 1 saturated heterocycles. The zero-order chi connectivity index (χ0) is 13.0. The molecule has 4 heteroatoms.